The Morgan fingerprint density at radius 1 is 1.29 bits per heavy atom. The van der Waals surface area contributed by atoms with Gasteiger partial charge >= 0.3 is 6.18 Å². The molecule has 120 valence electrons. The fourth-order valence-corrected chi connectivity index (χ4v) is 2.26. The topological polar surface area (TPSA) is 38.5 Å². The van der Waals surface area contributed by atoms with Gasteiger partial charge in [-0.1, -0.05) is 6.07 Å². The zero-order valence-corrected chi connectivity index (χ0v) is 12.7. The highest BCUT2D eigenvalue weighted by atomic mass is 19.4. The summed E-state index contributed by atoms with van der Waals surface area (Å²) in [5.74, 6) is 0. The first-order valence-corrected chi connectivity index (χ1v) is 6.97. The number of halogens is 3. The average Bonchev–Trinajstić information content (AvgIpc) is 2.39. The van der Waals surface area contributed by atoms with Crippen LogP contribution in [-0.4, -0.2) is 32.8 Å². The lowest BCUT2D eigenvalue weighted by atomic mass is 10.0. The van der Waals surface area contributed by atoms with Crippen LogP contribution in [0.3, 0.4) is 0 Å². The van der Waals surface area contributed by atoms with E-state index in [9.17, 15) is 13.2 Å². The van der Waals surface area contributed by atoms with Crippen molar-refractivity contribution >= 4 is 5.69 Å². The van der Waals surface area contributed by atoms with Crippen molar-refractivity contribution in [3.63, 3.8) is 0 Å². The van der Waals surface area contributed by atoms with Crippen molar-refractivity contribution in [2.24, 2.45) is 5.73 Å². The minimum atomic E-state index is -4.37. The third-order valence-corrected chi connectivity index (χ3v) is 3.30. The molecule has 6 heteroatoms. The van der Waals surface area contributed by atoms with Gasteiger partial charge < -0.3 is 15.4 Å². The Morgan fingerprint density at radius 3 is 2.43 bits per heavy atom. The summed E-state index contributed by atoms with van der Waals surface area (Å²) < 4.78 is 44.6. The molecule has 0 aliphatic carbocycles. The molecule has 0 aliphatic heterocycles. The average molecular weight is 304 g/mol. The van der Waals surface area contributed by atoms with Gasteiger partial charge in [0.15, 0.2) is 0 Å². The number of anilines is 1. The van der Waals surface area contributed by atoms with Gasteiger partial charge in [0.05, 0.1) is 12.2 Å². The van der Waals surface area contributed by atoms with Crippen LogP contribution in [0.5, 0.6) is 0 Å². The van der Waals surface area contributed by atoms with Gasteiger partial charge in [-0.3, -0.25) is 0 Å². The Morgan fingerprint density at radius 2 is 1.95 bits per heavy atom. The maximum Gasteiger partial charge on any atom is 0.416 e. The van der Waals surface area contributed by atoms with E-state index >= 15 is 0 Å². The van der Waals surface area contributed by atoms with Gasteiger partial charge in [0.25, 0.3) is 0 Å². The summed E-state index contributed by atoms with van der Waals surface area (Å²) in [6.07, 6.45) is -4.15. The standard InChI is InChI=1S/C15H23F3N2O/c1-11(2)20(8-9-21-3)13-5-4-12(6-7-19)14(10-13)15(16,17)18/h4-5,10-11H,6-9,19H2,1-3H3. The van der Waals surface area contributed by atoms with Crippen molar-refractivity contribution in [1.29, 1.82) is 0 Å². The first-order chi connectivity index (χ1) is 9.81. The van der Waals surface area contributed by atoms with Crippen molar-refractivity contribution in [3.8, 4) is 0 Å². The molecule has 0 fully saturated rings. The summed E-state index contributed by atoms with van der Waals surface area (Å²) >= 11 is 0. The second-order valence-electron chi connectivity index (χ2n) is 5.16. The summed E-state index contributed by atoms with van der Waals surface area (Å²) in [5.41, 5.74) is 5.58. The van der Waals surface area contributed by atoms with Crippen LogP contribution >= 0.6 is 0 Å². The minimum Gasteiger partial charge on any atom is -0.383 e. The number of nitrogens with zero attached hydrogens (tertiary/aromatic N) is 1. The lowest BCUT2D eigenvalue weighted by Crippen LogP contribution is -2.34. The van der Waals surface area contributed by atoms with Crippen LogP contribution < -0.4 is 10.6 Å². The zero-order valence-electron chi connectivity index (χ0n) is 12.7. The molecule has 0 atom stereocenters. The zero-order chi connectivity index (χ0) is 16.0. The van der Waals surface area contributed by atoms with Gasteiger partial charge in [0, 0.05) is 25.4 Å². The number of rotatable bonds is 7. The van der Waals surface area contributed by atoms with Crippen LogP contribution in [0.4, 0.5) is 18.9 Å². The molecule has 0 heterocycles. The number of hydrogen-bond donors (Lipinski definition) is 1. The van der Waals surface area contributed by atoms with Crippen molar-refractivity contribution in [2.75, 3.05) is 31.7 Å². The SMILES string of the molecule is COCCN(c1ccc(CCN)c(C(F)(F)F)c1)C(C)C. The Labute approximate surface area is 123 Å². The quantitative estimate of drug-likeness (QED) is 0.841. The maximum atomic E-state index is 13.2. The Bertz CT molecular complexity index is 447. The molecule has 0 radical (unpaired) electrons. The molecule has 1 aromatic carbocycles. The highest BCUT2D eigenvalue weighted by Crippen LogP contribution is 2.35. The van der Waals surface area contributed by atoms with Crippen molar-refractivity contribution in [1.82, 2.24) is 0 Å². The summed E-state index contributed by atoms with van der Waals surface area (Å²) in [4.78, 5) is 1.89. The minimum absolute atomic E-state index is 0.0848. The first kappa shape index (κ1) is 17.8. The molecule has 0 bridgehead atoms. The van der Waals surface area contributed by atoms with E-state index in [0.717, 1.165) is 0 Å². The Hall–Kier alpha value is -1.27. The smallest absolute Gasteiger partial charge is 0.383 e. The fraction of sp³-hybridized carbons (Fsp3) is 0.600. The van der Waals surface area contributed by atoms with E-state index in [4.69, 9.17) is 10.5 Å². The van der Waals surface area contributed by atoms with Crippen LogP contribution in [0, 0.1) is 0 Å². The molecule has 2 N–H and O–H groups in total. The summed E-state index contributed by atoms with van der Waals surface area (Å²) in [7, 11) is 1.57. The van der Waals surface area contributed by atoms with Crippen LogP contribution in [0.25, 0.3) is 0 Å². The second-order valence-corrected chi connectivity index (χ2v) is 5.16. The molecule has 0 saturated heterocycles. The third kappa shape index (κ3) is 4.89. The number of benzene rings is 1. The lowest BCUT2D eigenvalue weighted by molar-refractivity contribution is -0.138. The molecule has 0 saturated carbocycles. The van der Waals surface area contributed by atoms with Gasteiger partial charge in [-0.2, -0.15) is 13.2 Å². The molecular weight excluding hydrogens is 281 g/mol. The molecule has 0 amide bonds. The fourth-order valence-electron chi connectivity index (χ4n) is 2.26. The van der Waals surface area contributed by atoms with Gasteiger partial charge in [-0.05, 0) is 44.5 Å². The number of alkyl halides is 3. The van der Waals surface area contributed by atoms with Crippen molar-refractivity contribution in [2.45, 2.75) is 32.5 Å². The predicted molar refractivity (Wildman–Crippen MR) is 78.6 cm³/mol. The van der Waals surface area contributed by atoms with E-state index in [-0.39, 0.29) is 24.6 Å². The van der Waals surface area contributed by atoms with E-state index in [1.165, 1.54) is 12.1 Å². The van der Waals surface area contributed by atoms with Crippen molar-refractivity contribution < 1.29 is 17.9 Å². The van der Waals surface area contributed by atoms with Crippen LogP contribution in [0.1, 0.15) is 25.0 Å². The van der Waals surface area contributed by atoms with E-state index in [1.54, 1.807) is 13.2 Å². The molecule has 0 spiro atoms. The number of methoxy groups -OCH3 is 1. The third-order valence-electron chi connectivity index (χ3n) is 3.30. The molecule has 1 aromatic rings. The summed E-state index contributed by atoms with van der Waals surface area (Å²) in [6.45, 7) is 5.08. The summed E-state index contributed by atoms with van der Waals surface area (Å²) in [5, 5.41) is 0. The Balaban J connectivity index is 3.18. The van der Waals surface area contributed by atoms with Crippen LogP contribution in [0.15, 0.2) is 18.2 Å². The van der Waals surface area contributed by atoms with E-state index < -0.39 is 11.7 Å². The molecule has 3 nitrogen and oxygen atoms in total. The van der Waals surface area contributed by atoms with Gasteiger partial charge in [0.2, 0.25) is 0 Å². The van der Waals surface area contributed by atoms with Crippen LogP contribution in [0.2, 0.25) is 0 Å². The molecule has 0 aliphatic rings. The monoisotopic (exact) mass is 304 g/mol. The van der Waals surface area contributed by atoms with Crippen LogP contribution in [-0.2, 0) is 17.3 Å². The Kier molecular flexibility index (Phi) is 6.48. The van der Waals surface area contributed by atoms with Gasteiger partial charge in [-0.15, -0.1) is 0 Å². The molecule has 0 aromatic heterocycles. The first-order valence-electron chi connectivity index (χ1n) is 6.97. The molecule has 1 rings (SSSR count). The predicted octanol–water partition coefficient (Wildman–Crippen LogP) is 3.07. The molecular formula is C15H23F3N2O. The van der Waals surface area contributed by atoms with Gasteiger partial charge in [-0.25, -0.2) is 0 Å². The van der Waals surface area contributed by atoms with E-state index in [1.807, 2.05) is 18.7 Å². The van der Waals surface area contributed by atoms with E-state index in [0.29, 0.717) is 18.8 Å². The second kappa shape index (κ2) is 7.66. The highest BCUT2D eigenvalue weighted by molar-refractivity contribution is 5.52. The molecule has 0 unspecified atom stereocenters. The number of ether oxygens (including phenoxy) is 1. The number of hydrogen-bond acceptors (Lipinski definition) is 3. The number of nitrogens with two attached hydrogens (primary N) is 1. The lowest BCUT2D eigenvalue weighted by Gasteiger charge is -2.30. The summed E-state index contributed by atoms with van der Waals surface area (Å²) in [6, 6.07) is 4.53. The largest absolute Gasteiger partial charge is 0.416 e. The highest BCUT2D eigenvalue weighted by Gasteiger charge is 2.33. The normalized spacial score (nSPS) is 12.0. The van der Waals surface area contributed by atoms with Gasteiger partial charge in [0.1, 0.15) is 0 Å². The van der Waals surface area contributed by atoms with Crippen molar-refractivity contribution in [3.05, 3.63) is 29.3 Å². The molecule has 21 heavy (non-hydrogen) atoms. The van der Waals surface area contributed by atoms with E-state index in [2.05, 4.69) is 0 Å². The maximum absolute atomic E-state index is 13.2.